The third-order valence-corrected chi connectivity index (χ3v) is 3.02. The molecule has 0 amide bonds. The minimum atomic E-state index is 0.796. The van der Waals surface area contributed by atoms with E-state index in [2.05, 4.69) is 13.0 Å². The number of rotatable bonds is 12. The first-order chi connectivity index (χ1) is 8.91. The molecule has 1 heteroatoms. The van der Waals surface area contributed by atoms with Crippen LogP contribution >= 0.6 is 0 Å². The predicted octanol–water partition coefficient (Wildman–Crippen LogP) is 5.96. The second kappa shape index (κ2) is 16.0. The van der Waals surface area contributed by atoms with E-state index < -0.39 is 0 Å². The number of hydrogen-bond donors (Lipinski definition) is 0. The van der Waals surface area contributed by atoms with Crippen molar-refractivity contribution in [2.75, 3.05) is 0 Å². The largest absolute Gasteiger partial charge is 0.299 e. The first-order valence-corrected chi connectivity index (χ1v) is 7.52. The van der Waals surface area contributed by atoms with E-state index in [4.69, 9.17) is 0 Å². The number of allylic oxidation sites excluding steroid dienone is 5. The lowest BCUT2D eigenvalue weighted by atomic mass is 10.1. The summed E-state index contributed by atoms with van der Waals surface area (Å²) >= 11 is 0. The zero-order valence-corrected chi connectivity index (χ0v) is 11.9. The van der Waals surface area contributed by atoms with Crippen LogP contribution in [0.2, 0.25) is 0 Å². The fourth-order valence-corrected chi connectivity index (χ4v) is 1.92. The quantitative estimate of drug-likeness (QED) is 0.231. The van der Waals surface area contributed by atoms with Crippen molar-refractivity contribution >= 4 is 0 Å². The Labute approximate surface area is 113 Å². The van der Waals surface area contributed by atoms with Gasteiger partial charge in [0.25, 0.3) is 0 Å². The average Bonchev–Trinajstić information content (AvgIpc) is 2.39. The minimum Gasteiger partial charge on any atom is -0.299 e. The SMILES string of the molecule is CCCCCCCCCCC/C=C/C=C/C=C/[O]. The van der Waals surface area contributed by atoms with Gasteiger partial charge in [-0.1, -0.05) is 82.6 Å². The summed E-state index contributed by atoms with van der Waals surface area (Å²) in [5, 5.41) is 9.99. The van der Waals surface area contributed by atoms with Gasteiger partial charge in [0.15, 0.2) is 0 Å². The molecular formula is C17H29O. The van der Waals surface area contributed by atoms with Crippen LogP contribution in [0, 0.1) is 0 Å². The summed E-state index contributed by atoms with van der Waals surface area (Å²) in [4.78, 5) is 0. The van der Waals surface area contributed by atoms with Crippen LogP contribution < -0.4 is 0 Å². The van der Waals surface area contributed by atoms with Gasteiger partial charge in [-0.15, -0.1) is 0 Å². The van der Waals surface area contributed by atoms with E-state index in [0.29, 0.717) is 0 Å². The third-order valence-electron chi connectivity index (χ3n) is 3.02. The molecule has 18 heavy (non-hydrogen) atoms. The molecule has 0 unspecified atom stereocenters. The lowest BCUT2D eigenvalue weighted by molar-refractivity contribution is 0.352. The van der Waals surface area contributed by atoms with Crippen LogP contribution in [0.15, 0.2) is 36.6 Å². The van der Waals surface area contributed by atoms with Crippen LogP contribution in [0.4, 0.5) is 0 Å². The van der Waals surface area contributed by atoms with Gasteiger partial charge in [0.05, 0.1) is 0 Å². The van der Waals surface area contributed by atoms with Gasteiger partial charge in [0, 0.05) is 0 Å². The van der Waals surface area contributed by atoms with E-state index in [1.807, 2.05) is 12.2 Å². The molecule has 1 radical (unpaired) electrons. The van der Waals surface area contributed by atoms with E-state index in [-0.39, 0.29) is 0 Å². The van der Waals surface area contributed by atoms with Crippen molar-refractivity contribution in [3.63, 3.8) is 0 Å². The molecule has 0 saturated heterocycles. The Hall–Kier alpha value is -0.980. The summed E-state index contributed by atoms with van der Waals surface area (Å²) in [5.74, 6) is 0. The molecule has 0 aliphatic heterocycles. The fourth-order valence-electron chi connectivity index (χ4n) is 1.92. The maximum Gasteiger partial charge on any atom is 0.142 e. The topological polar surface area (TPSA) is 19.9 Å². The van der Waals surface area contributed by atoms with Crippen molar-refractivity contribution in [2.24, 2.45) is 0 Å². The van der Waals surface area contributed by atoms with Crippen LogP contribution in [0.25, 0.3) is 0 Å². The molecule has 0 N–H and O–H groups in total. The Morgan fingerprint density at radius 3 is 1.83 bits per heavy atom. The molecule has 0 atom stereocenters. The summed E-state index contributed by atoms with van der Waals surface area (Å²) in [6.07, 6.45) is 23.7. The molecule has 0 fully saturated rings. The molecular weight excluding hydrogens is 220 g/mol. The summed E-state index contributed by atoms with van der Waals surface area (Å²) in [5.41, 5.74) is 0. The van der Waals surface area contributed by atoms with Gasteiger partial charge in [0.1, 0.15) is 6.26 Å². The van der Waals surface area contributed by atoms with Gasteiger partial charge in [-0.2, -0.15) is 0 Å². The van der Waals surface area contributed by atoms with Crippen molar-refractivity contribution in [2.45, 2.75) is 71.1 Å². The average molecular weight is 249 g/mol. The monoisotopic (exact) mass is 249 g/mol. The Morgan fingerprint density at radius 2 is 1.22 bits per heavy atom. The summed E-state index contributed by atoms with van der Waals surface area (Å²) in [6.45, 7) is 2.26. The van der Waals surface area contributed by atoms with Gasteiger partial charge in [-0.05, 0) is 18.9 Å². The Bertz CT molecular complexity index is 226. The van der Waals surface area contributed by atoms with Crippen molar-refractivity contribution in [3.8, 4) is 0 Å². The molecule has 0 bridgehead atoms. The number of hydrogen-bond acceptors (Lipinski definition) is 0. The van der Waals surface area contributed by atoms with Crippen molar-refractivity contribution in [3.05, 3.63) is 36.6 Å². The molecule has 0 saturated carbocycles. The normalized spacial score (nSPS) is 12.3. The first kappa shape index (κ1) is 17.0. The molecule has 0 aromatic rings. The van der Waals surface area contributed by atoms with E-state index in [9.17, 15) is 5.11 Å². The molecule has 1 nitrogen and oxygen atoms in total. The van der Waals surface area contributed by atoms with Crippen LogP contribution in [0.1, 0.15) is 71.1 Å². The zero-order chi connectivity index (χ0) is 13.3. The number of unbranched alkanes of at least 4 members (excludes halogenated alkanes) is 9. The lowest BCUT2D eigenvalue weighted by Gasteiger charge is -2.00. The minimum absolute atomic E-state index is 0.796. The Balaban J connectivity index is 3.11. The highest BCUT2D eigenvalue weighted by molar-refractivity contribution is 5.09. The smallest absolute Gasteiger partial charge is 0.142 e. The highest BCUT2D eigenvalue weighted by atomic mass is 16.2. The molecule has 0 heterocycles. The van der Waals surface area contributed by atoms with Crippen molar-refractivity contribution < 1.29 is 5.11 Å². The van der Waals surface area contributed by atoms with E-state index >= 15 is 0 Å². The van der Waals surface area contributed by atoms with E-state index in [1.165, 1.54) is 63.9 Å². The third kappa shape index (κ3) is 15.0. The maximum absolute atomic E-state index is 9.99. The molecule has 0 spiro atoms. The van der Waals surface area contributed by atoms with Crippen LogP contribution in [-0.2, 0) is 5.11 Å². The second-order valence-corrected chi connectivity index (χ2v) is 4.76. The lowest BCUT2D eigenvalue weighted by Crippen LogP contribution is -1.80. The van der Waals surface area contributed by atoms with Crippen molar-refractivity contribution in [1.29, 1.82) is 0 Å². The van der Waals surface area contributed by atoms with Crippen molar-refractivity contribution in [1.82, 2.24) is 0 Å². The van der Waals surface area contributed by atoms with Gasteiger partial charge >= 0.3 is 0 Å². The second-order valence-electron chi connectivity index (χ2n) is 4.76. The summed E-state index contributed by atoms with van der Waals surface area (Å²) in [7, 11) is 0. The summed E-state index contributed by atoms with van der Waals surface area (Å²) in [6, 6.07) is 0. The van der Waals surface area contributed by atoms with Gasteiger partial charge in [-0.3, -0.25) is 5.11 Å². The molecule has 103 valence electrons. The zero-order valence-electron chi connectivity index (χ0n) is 11.9. The van der Waals surface area contributed by atoms with Crippen LogP contribution in [0.5, 0.6) is 0 Å². The molecule has 0 aromatic carbocycles. The van der Waals surface area contributed by atoms with E-state index in [1.54, 1.807) is 6.08 Å². The molecule has 0 aliphatic rings. The molecule has 0 rings (SSSR count). The first-order valence-electron chi connectivity index (χ1n) is 7.52. The van der Waals surface area contributed by atoms with Crippen LogP contribution in [-0.4, -0.2) is 0 Å². The Morgan fingerprint density at radius 1 is 0.667 bits per heavy atom. The van der Waals surface area contributed by atoms with E-state index in [0.717, 1.165) is 12.7 Å². The molecule has 0 aliphatic carbocycles. The predicted molar refractivity (Wildman–Crippen MR) is 80.0 cm³/mol. The van der Waals surface area contributed by atoms with Gasteiger partial charge < -0.3 is 0 Å². The molecule has 0 aromatic heterocycles. The Kier molecular flexibility index (Phi) is 15.1. The maximum atomic E-state index is 9.99. The summed E-state index contributed by atoms with van der Waals surface area (Å²) < 4.78 is 0. The highest BCUT2D eigenvalue weighted by Gasteiger charge is 1.90. The standard InChI is InChI=1S/C17H29O/c1-2-3-4-5-6-7-8-9-10-11-12-13-14-15-16-17-18/h12-17H,2-11H2,1H3/b13-12+,15-14+,17-16+. The van der Waals surface area contributed by atoms with Gasteiger partial charge in [0.2, 0.25) is 0 Å². The fraction of sp³-hybridized carbons (Fsp3) is 0.647. The van der Waals surface area contributed by atoms with Crippen LogP contribution in [0.3, 0.4) is 0 Å². The van der Waals surface area contributed by atoms with Gasteiger partial charge in [-0.25, -0.2) is 0 Å². The highest BCUT2D eigenvalue weighted by Crippen LogP contribution is 2.10.